The molecule has 0 atom stereocenters. The summed E-state index contributed by atoms with van der Waals surface area (Å²) < 4.78 is 0. The van der Waals surface area contributed by atoms with Gasteiger partial charge in [-0.25, -0.2) is 0 Å². The Bertz CT molecular complexity index is 412. The predicted octanol–water partition coefficient (Wildman–Crippen LogP) is 5.51. The van der Waals surface area contributed by atoms with Crippen LogP contribution in [0.1, 0.15) is 64.0 Å². The second-order valence-electron chi connectivity index (χ2n) is 7.40. The van der Waals surface area contributed by atoms with Crippen LogP contribution in [0.5, 0.6) is 0 Å². The van der Waals surface area contributed by atoms with E-state index in [1.807, 2.05) is 0 Å². The topological polar surface area (TPSA) is 3.24 Å². The number of hydrogen-bond acceptors (Lipinski definition) is 1. The van der Waals surface area contributed by atoms with Crippen molar-refractivity contribution >= 4 is 15.9 Å². The Morgan fingerprint density at radius 1 is 1.05 bits per heavy atom. The zero-order chi connectivity index (χ0) is 15.3. The highest BCUT2D eigenvalue weighted by Gasteiger charge is 2.21. The molecule has 1 nitrogen and oxygen atoms in total. The summed E-state index contributed by atoms with van der Waals surface area (Å²) in [4.78, 5) is 2.68. The molecule has 0 aromatic heterocycles. The van der Waals surface area contributed by atoms with Crippen LogP contribution in [-0.4, -0.2) is 22.8 Å². The van der Waals surface area contributed by atoms with E-state index in [2.05, 4.69) is 65.9 Å². The van der Waals surface area contributed by atoms with Crippen LogP contribution in [0.25, 0.3) is 0 Å². The monoisotopic (exact) mass is 351 g/mol. The van der Waals surface area contributed by atoms with E-state index in [9.17, 15) is 0 Å². The van der Waals surface area contributed by atoms with Crippen LogP contribution in [0.4, 0.5) is 0 Å². The first-order chi connectivity index (χ1) is 10.0. The van der Waals surface area contributed by atoms with Crippen LogP contribution >= 0.6 is 15.9 Å². The molecule has 0 bridgehead atoms. The van der Waals surface area contributed by atoms with Gasteiger partial charge in [0.2, 0.25) is 0 Å². The van der Waals surface area contributed by atoms with Crippen molar-refractivity contribution in [1.29, 1.82) is 0 Å². The molecular formula is C19H30BrN. The molecule has 1 aliphatic carbocycles. The number of rotatable bonds is 5. The number of hydrogen-bond donors (Lipinski definition) is 0. The van der Waals surface area contributed by atoms with Crippen molar-refractivity contribution < 1.29 is 0 Å². The first-order valence-corrected chi connectivity index (χ1v) is 9.52. The summed E-state index contributed by atoms with van der Waals surface area (Å²) in [5, 5.41) is 1.07. The second kappa shape index (κ2) is 7.78. The second-order valence-corrected chi connectivity index (χ2v) is 8.19. The van der Waals surface area contributed by atoms with Gasteiger partial charge in [-0.3, -0.25) is 4.90 Å². The van der Waals surface area contributed by atoms with Crippen LogP contribution in [0.15, 0.2) is 24.3 Å². The maximum absolute atomic E-state index is 3.63. The summed E-state index contributed by atoms with van der Waals surface area (Å²) in [5.74, 6) is 0. The Hall–Kier alpha value is -0.340. The summed E-state index contributed by atoms with van der Waals surface area (Å²) >= 11 is 3.63. The van der Waals surface area contributed by atoms with Crippen LogP contribution in [-0.2, 0) is 12.0 Å². The Balaban J connectivity index is 2.02. The molecule has 0 spiro atoms. The highest BCUT2D eigenvalue weighted by atomic mass is 79.9. The van der Waals surface area contributed by atoms with E-state index in [0.29, 0.717) is 0 Å². The largest absolute Gasteiger partial charge is 0.295 e. The molecule has 0 unspecified atom stereocenters. The third-order valence-corrected chi connectivity index (χ3v) is 5.02. The van der Waals surface area contributed by atoms with Gasteiger partial charge in [-0.05, 0) is 29.4 Å². The molecule has 1 aliphatic rings. The Labute approximate surface area is 139 Å². The zero-order valence-electron chi connectivity index (χ0n) is 13.9. The Morgan fingerprint density at radius 2 is 1.67 bits per heavy atom. The lowest BCUT2D eigenvalue weighted by atomic mass is 9.86. The fourth-order valence-corrected chi connectivity index (χ4v) is 3.75. The highest BCUT2D eigenvalue weighted by molar-refractivity contribution is 9.09. The Morgan fingerprint density at radius 3 is 2.19 bits per heavy atom. The molecule has 1 saturated carbocycles. The predicted molar refractivity (Wildman–Crippen MR) is 96.2 cm³/mol. The molecular weight excluding hydrogens is 322 g/mol. The van der Waals surface area contributed by atoms with Crippen LogP contribution < -0.4 is 0 Å². The summed E-state index contributed by atoms with van der Waals surface area (Å²) in [5.41, 5.74) is 3.13. The molecule has 21 heavy (non-hydrogen) atoms. The lowest BCUT2D eigenvalue weighted by molar-refractivity contribution is 0.158. The van der Waals surface area contributed by atoms with Gasteiger partial charge in [0.1, 0.15) is 0 Å². The van der Waals surface area contributed by atoms with Gasteiger partial charge in [0.15, 0.2) is 0 Å². The number of benzene rings is 1. The average molecular weight is 352 g/mol. The third-order valence-electron chi connectivity index (χ3n) is 4.67. The Kier molecular flexibility index (Phi) is 6.31. The van der Waals surface area contributed by atoms with Crippen molar-refractivity contribution in [2.24, 2.45) is 0 Å². The minimum absolute atomic E-state index is 0.247. The molecule has 0 heterocycles. The molecule has 1 fully saturated rings. The molecule has 0 amide bonds. The first-order valence-electron chi connectivity index (χ1n) is 8.40. The van der Waals surface area contributed by atoms with E-state index in [-0.39, 0.29) is 5.41 Å². The number of alkyl halides is 1. The number of nitrogens with zero attached hydrogens (tertiary/aromatic N) is 1. The molecule has 0 saturated heterocycles. The van der Waals surface area contributed by atoms with Gasteiger partial charge in [0.25, 0.3) is 0 Å². The average Bonchev–Trinajstić information content (AvgIpc) is 2.47. The number of halogens is 1. The maximum atomic E-state index is 3.63. The van der Waals surface area contributed by atoms with E-state index in [0.717, 1.165) is 24.5 Å². The van der Waals surface area contributed by atoms with Gasteiger partial charge in [0, 0.05) is 24.5 Å². The molecule has 1 aromatic carbocycles. The van der Waals surface area contributed by atoms with Crippen molar-refractivity contribution in [3.8, 4) is 0 Å². The standard InChI is InChI=1S/C19H30BrN/c1-19(2,3)17-11-9-16(10-12-17)15-21(14-13-20)18-7-5-4-6-8-18/h9-12,18H,4-8,13-15H2,1-3H3. The van der Waals surface area contributed by atoms with Crippen molar-refractivity contribution in [1.82, 2.24) is 4.90 Å². The van der Waals surface area contributed by atoms with Crippen molar-refractivity contribution in [3.63, 3.8) is 0 Å². The third kappa shape index (κ3) is 5.10. The summed E-state index contributed by atoms with van der Waals surface area (Å²) in [6, 6.07) is 10.1. The quantitative estimate of drug-likeness (QED) is 0.631. The van der Waals surface area contributed by atoms with Gasteiger partial charge in [-0.1, -0.05) is 80.2 Å². The van der Waals surface area contributed by atoms with Crippen LogP contribution in [0, 0.1) is 0 Å². The van der Waals surface area contributed by atoms with Crippen molar-refractivity contribution in [3.05, 3.63) is 35.4 Å². The summed E-state index contributed by atoms with van der Waals surface area (Å²) in [6.07, 6.45) is 7.01. The first kappa shape index (κ1) is 17.0. The fraction of sp³-hybridized carbons (Fsp3) is 0.684. The van der Waals surface area contributed by atoms with Gasteiger partial charge < -0.3 is 0 Å². The molecule has 0 radical (unpaired) electrons. The summed E-state index contributed by atoms with van der Waals surface area (Å²) in [7, 11) is 0. The lowest BCUT2D eigenvalue weighted by Gasteiger charge is -2.34. The van der Waals surface area contributed by atoms with E-state index >= 15 is 0 Å². The van der Waals surface area contributed by atoms with Crippen LogP contribution in [0.2, 0.25) is 0 Å². The van der Waals surface area contributed by atoms with E-state index in [1.165, 1.54) is 43.2 Å². The zero-order valence-corrected chi connectivity index (χ0v) is 15.5. The summed E-state index contributed by atoms with van der Waals surface area (Å²) in [6.45, 7) is 9.09. The lowest BCUT2D eigenvalue weighted by Crippen LogP contribution is -2.37. The van der Waals surface area contributed by atoms with Crippen molar-refractivity contribution in [2.75, 3.05) is 11.9 Å². The van der Waals surface area contributed by atoms with Gasteiger partial charge in [-0.2, -0.15) is 0 Å². The van der Waals surface area contributed by atoms with E-state index in [1.54, 1.807) is 0 Å². The maximum Gasteiger partial charge on any atom is 0.0237 e. The molecule has 118 valence electrons. The molecule has 1 aromatic rings. The molecule has 0 N–H and O–H groups in total. The smallest absolute Gasteiger partial charge is 0.0237 e. The highest BCUT2D eigenvalue weighted by Crippen LogP contribution is 2.26. The van der Waals surface area contributed by atoms with Gasteiger partial charge in [0.05, 0.1) is 0 Å². The minimum Gasteiger partial charge on any atom is -0.295 e. The fourth-order valence-electron chi connectivity index (χ4n) is 3.29. The molecule has 0 aliphatic heterocycles. The normalized spacial score (nSPS) is 17.4. The van der Waals surface area contributed by atoms with E-state index in [4.69, 9.17) is 0 Å². The van der Waals surface area contributed by atoms with E-state index < -0.39 is 0 Å². The van der Waals surface area contributed by atoms with Crippen molar-refractivity contribution in [2.45, 2.75) is 70.9 Å². The molecule has 2 rings (SSSR count). The van der Waals surface area contributed by atoms with Crippen LogP contribution in [0.3, 0.4) is 0 Å². The van der Waals surface area contributed by atoms with Gasteiger partial charge >= 0.3 is 0 Å². The SMILES string of the molecule is CC(C)(C)c1ccc(CN(CCBr)C2CCCCC2)cc1. The minimum atomic E-state index is 0.247. The van der Waals surface area contributed by atoms with Gasteiger partial charge in [-0.15, -0.1) is 0 Å². The molecule has 2 heteroatoms.